The third kappa shape index (κ3) is 1.00. The molecule has 0 saturated heterocycles. The molecule has 0 bridgehead atoms. The van der Waals surface area contributed by atoms with Gasteiger partial charge in [-0.25, -0.2) is 8.42 Å². The van der Waals surface area contributed by atoms with E-state index in [9.17, 15) is 8.42 Å². The highest BCUT2D eigenvalue weighted by atomic mass is 32.2. The van der Waals surface area contributed by atoms with Crippen molar-refractivity contribution in [3.8, 4) is 0 Å². The van der Waals surface area contributed by atoms with E-state index in [-0.39, 0.29) is 4.90 Å². The van der Waals surface area contributed by atoms with E-state index < -0.39 is 10.0 Å². The van der Waals surface area contributed by atoms with Crippen molar-refractivity contribution < 1.29 is 8.42 Å². The second-order valence-corrected chi connectivity index (χ2v) is 4.09. The second-order valence-electron chi connectivity index (χ2n) is 2.41. The largest absolute Gasteiger partial charge is 0.286 e. The molecule has 0 atom stereocenters. The first kappa shape index (κ1) is 7.36. The van der Waals surface area contributed by atoms with Gasteiger partial charge in [0.15, 0.2) is 0 Å². The number of hydrogen-bond acceptors (Lipinski definition) is 2. The third-order valence-electron chi connectivity index (χ3n) is 1.62. The van der Waals surface area contributed by atoms with Crippen molar-refractivity contribution in [2.24, 2.45) is 0 Å². The molecule has 0 saturated carbocycles. The molecule has 1 radical (unpaired) electrons. The first-order valence-corrected chi connectivity index (χ1v) is 4.88. The first-order valence-electron chi connectivity index (χ1n) is 3.40. The zero-order valence-corrected chi connectivity index (χ0v) is 6.93. The number of benzene rings is 1. The summed E-state index contributed by atoms with van der Waals surface area (Å²) in [6, 6.07) is 6.73. The van der Waals surface area contributed by atoms with E-state index in [0.29, 0.717) is 5.56 Å². The van der Waals surface area contributed by atoms with Gasteiger partial charge in [-0.05, 0) is 6.07 Å². The molecule has 3 nitrogen and oxygen atoms in total. The summed E-state index contributed by atoms with van der Waals surface area (Å²) in [6.07, 6.45) is 4.11. The molecule has 4 heteroatoms. The zero-order valence-electron chi connectivity index (χ0n) is 6.11. The van der Waals surface area contributed by atoms with Crippen LogP contribution in [0.2, 0.25) is 0 Å². The molecule has 0 amide bonds. The first-order chi connectivity index (χ1) is 5.70. The third-order valence-corrected chi connectivity index (χ3v) is 2.98. The van der Waals surface area contributed by atoms with Crippen molar-refractivity contribution in [2.75, 3.05) is 0 Å². The van der Waals surface area contributed by atoms with Crippen LogP contribution in [0, 0.1) is 6.08 Å². The Bertz CT molecular complexity index is 434. The highest BCUT2D eigenvalue weighted by Crippen LogP contribution is 2.17. The molecule has 0 aliphatic carbocycles. The highest BCUT2D eigenvalue weighted by Gasteiger charge is 2.18. The van der Waals surface area contributed by atoms with Gasteiger partial charge in [-0.2, -0.15) is 0 Å². The minimum atomic E-state index is -3.31. The number of hydrogen-bond donors (Lipinski definition) is 1. The van der Waals surface area contributed by atoms with Crippen molar-refractivity contribution in [3.05, 3.63) is 42.1 Å². The average Bonchev–Trinajstić information content (AvgIpc) is 2.04. The van der Waals surface area contributed by atoms with E-state index in [4.69, 9.17) is 0 Å². The van der Waals surface area contributed by atoms with Crippen LogP contribution in [0.5, 0.6) is 0 Å². The van der Waals surface area contributed by atoms with Crippen LogP contribution < -0.4 is 4.72 Å². The van der Waals surface area contributed by atoms with E-state index >= 15 is 0 Å². The van der Waals surface area contributed by atoms with Crippen molar-refractivity contribution in [1.82, 2.24) is 4.72 Å². The molecule has 61 valence electrons. The molecule has 1 aliphatic rings. The van der Waals surface area contributed by atoms with Gasteiger partial charge >= 0.3 is 0 Å². The number of fused-ring (bicyclic) bond motifs is 1. The summed E-state index contributed by atoms with van der Waals surface area (Å²) < 4.78 is 24.8. The molecular weight excluding hydrogens is 174 g/mol. The Morgan fingerprint density at radius 3 is 2.75 bits per heavy atom. The van der Waals surface area contributed by atoms with Gasteiger partial charge in [0.25, 0.3) is 10.0 Å². The van der Waals surface area contributed by atoms with E-state index in [0.717, 1.165) is 0 Å². The number of sulfonamides is 1. The van der Waals surface area contributed by atoms with Crippen LogP contribution in [0.1, 0.15) is 5.56 Å². The summed E-state index contributed by atoms with van der Waals surface area (Å²) >= 11 is 0. The standard InChI is InChI=1S/C8H6NO2S/c10-12(11)8-4-2-1-3-7(8)5-6-9-12/h1-4,6,9H. The van der Waals surface area contributed by atoms with Crippen LogP contribution >= 0.6 is 0 Å². The molecule has 0 spiro atoms. The molecule has 12 heavy (non-hydrogen) atoms. The maximum absolute atomic E-state index is 11.3. The fourth-order valence-corrected chi connectivity index (χ4v) is 2.08. The monoisotopic (exact) mass is 180 g/mol. The summed E-state index contributed by atoms with van der Waals surface area (Å²) in [7, 11) is -3.31. The molecule has 1 aromatic rings. The van der Waals surface area contributed by atoms with Gasteiger partial charge in [0.2, 0.25) is 0 Å². The fourth-order valence-electron chi connectivity index (χ4n) is 1.07. The normalized spacial score (nSPS) is 18.0. The topological polar surface area (TPSA) is 46.2 Å². The maximum atomic E-state index is 11.3. The smallest absolute Gasteiger partial charge is 0.262 e. The Balaban J connectivity index is 2.77. The molecule has 1 aromatic carbocycles. The molecular formula is C8H6NO2S. The summed E-state index contributed by atoms with van der Waals surface area (Å²) in [4.78, 5) is 0.285. The molecule has 2 rings (SSSR count). The Hall–Kier alpha value is -1.29. The average molecular weight is 180 g/mol. The summed E-state index contributed by atoms with van der Waals surface area (Å²) in [5.41, 5.74) is 0.608. The second kappa shape index (κ2) is 2.35. The Morgan fingerprint density at radius 2 is 2.00 bits per heavy atom. The van der Waals surface area contributed by atoms with Crippen LogP contribution in [-0.2, 0) is 10.0 Å². The van der Waals surface area contributed by atoms with E-state index in [2.05, 4.69) is 10.8 Å². The molecule has 0 unspecified atom stereocenters. The predicted octanol–water partition coefficient (Wildman–Crippen LogP) is 0.643. The maximum Gasteiger partial charge on any atom is 0.262 e. The molecule has 0 fully saturated rings. The molecule has 1 aliphatic heterocycles. The predicted molar refractivity (Wildman–Crippen MR) is 43.7 cm³/mol. The molecule has 0 aromatic heterocycles. The Kier molecular flexibility index (Phi) is 1.44. The molecule has 1 heterocycles. The fraction of sp³-hybridized carbons (Fsp3) is 0. The van der Waals surface area contributed by atoms with Gasteiger partial charge in [0, 0.05) is 17.8 Å². The van der Waals surface area contributed by atoms with Crippen LogP contribution in [0.4, 0.5) is 0 Å². The number of nitrogens with one attached hydrogen (secondary N) is 1. The lowest BCUT2D eigenvalue weighted by Crippen LogP contribution is -2.21. The van der Waals surface area contributed by atoms with Gasteiger partial charge in [0.1, 0.15) is 0 Å². The van der Waals surface area contributed by atoms with Gasteiger partial charge in [0.05, 0.1) is 4.90 Å². The van der Waals surface area contributed by atoms with Crippen LogP contribution in [0.3, 0.4) is 0 Å². The highest BCUT2D eigenvalue weighted by molar-refractivity contribution is 7.89. The van der Waals surface area contributed by atoms with Gasteiger partial charge < -0.3 is 0 Å². The minimum Gasteiger partial charge on any atom is -0.286 e. The van der Waals surface area contributed by atoms with E-state index in [1.807, 2.05) is 0 Å². The van der Waals surface area contributed by atoms with E-state index in [1.165, 1.54) is 6.20 Å². The van der Waals surface area contributed by atoms with Crippen molar-refractivity contribution in [2.45, 2.75) is 4.90 Å². The van der Waals surface area contributed by atoms with Gasteiger partial charge in [-0.15, -0.1) is 0 Å². The lowest BCUT2D eigenvalue weighted by atomic mass is 10.2. The number of rotatable bonds is 0. The minimum absolute atomic E-state index is 0.285. The van der Waals surface area contributed by atoms with Crippen LogP contribution in [0.25, 0.3) is 0 Å². The van der Waals surface area contributed by atoms with E-state index in [1.54, 1.807) is 24.3 Å². The van der Waals surface area contributed by atoms with Crippen molar-refractivity contribution in [1.29, 1.82) is 0 Å². The zero-order chi connectivity index (χ0) is 8.60. The summed E-state index contributed by atoms with van der Waals surface area (Å²) in [5.74, 6) is 0. The van der Waals surface area contributed by atoms with Crippen LogP contribution in [0.15, 0.2) is 35.4 Å². The van der Waals surface area contributed by atoms with Crippen molar-refractivity contribution >= 4 is 10.0 Å². The van der Waals surface area contributed by atoms with Gasteiger partial charge in [-0.3, -0.25) is 4.72 Å². The van der Waals surface area contributed by atoms with Crippen molar-refractivity contribution in [3.63, 3.8) is 0 Å². The Labute approximate surface area is 70.8 Å². The summed E-state index contributed by atoms with van der Waals surface area (Å²) in [6.45, 7) is 0. The lowest BCUT2D eigenvalue weighted by molar-refractivity contribution is 0.589. The van der Waals surface area contributed by atoms with Gasteiger partial charge in [-0.1, -0.05) is 18.2 Å². The molecule has 1 N–H and O–H groups in total. The lowest BCUT2D eigenvalue weighted by Gasteiger charge is -2.10. The quantitative estimate of drug-likeness (QED) is 0.637. The summed E-state index contributed by atoms with van der Waals surface area (Å²) in [5, 5.41) is 0. The SMILES string of the molecule is O=S1(=O)NC=[C]c2ccccc21. The van der Waals surface area contributed by atoms with Crippen LogP contribution in [-0.4, -0.2) is 8.42 Å². The Morgan fingerprint density at radius 1 is 1.25 bits per heavy atom.